The average molecular weight is 521 g/mol. The van der Waals surface area contributed by atoms with Crippen LogP contribution in [0.3, 0.4) is 0 Å². The van der Waals surface area contributed by atoms with Crippen molar-refractivity contribution in [1.82, 2.24) is 10.0 Å². The quantitative estimate of drug-likeness (QED) is 0.338. The first kappa shape index (κ1) is 25.7. The molecular formula is C24H22Cl2N2O5S. The first-order chi connectivity index (χ1) is 16.2. The van der Waals surface area contributed by atoms with Gasteiger partial charge >= 0.3 is 5.97 Å². The van der Waals surface area contributed by atoms with Crippen molar-refractivity contribution in [2.45, 2.75) is 23.8 Å². The first-order valence-electron chi connectivity index (χ1n) is 10.3. The molecule has 3 aromatic rings. The summed E-state index contributed by atoms with van der Waals surface area (Å²) in [7, 11) is -4.06. The van der Waals surface area contributed by atoms with Crippen LogP contribution in [0.25, 0.3) is 11.1 Å². The van der Waals surface area contributed by atoms with Gasteiger partial charge in [0, 0.05) is 22.2 Å². The summed E-state index contributed by atoms with van der Waals surface area (Å²) in [4.78, 5) is 23.7. The van der Waals surface area contributed by atoms with Crippen LogP contribution in [0, 0.1) is 0 Å². The Kier molecular flexibility index (Phi) is 8.68. The molecule has 0 aliphatic heterocycles. The number of halogens is 2. The number of benzene rings is 3. The van der Waals surface area contributed by atoms with Gasteiger partial charge in [0.25, 0.3) is 5.91 Å². The second-order valence-electron chi connectivity index (χ2n) is 7.45. The highest BCUT2D eigenvalue weighted by atomic mass is 35.5. The highest BCUT2D eigenvalue weighted by Gasteiger charge is 2.25. The summed E-state index contributed by atoms with van der Waals surface area (Å²) >= 11 is 11.7. The van der Waals surface area contributed by atoms with Crippen LogP contribution in [-0.2, 0) is 14.8 Å². The molecule has 0 spiro atoms. The summed E-state index contributed by atoms with van der Waals surface area (Å²) in [5.74, 6) is -1.63. The van der Waals surface area contributed by atoms with E-state index in [2.05, 4.69) is 10.0 Å². The summed E-state index contributed by atoms with van der Waals surface area (Å²) in [6.45, 7) is 0.183. The predicted octanol–water partition coefficient (Wildman–Crippen LogP) is 4.60. The normalized spacial score (nSPS) is 12.2. The zero-order valence-corrected chi connectivity index (χ0v) is 20.2. The smallest absolute Gasteiger partial charge is 0.321 e. The van der Waals surface area contributed by atoms with Gasteiger partial charge in [0.1, 0.15) is 6.04 Å². The van der Waals surface area contributed by atoms with Crippen molar-refractivity contribution >= 4 is 45.1 Å². The highest BCUT2D eigenvalue weighted by Crippen LogP contribution is 2.23. The number of aliphatic carboxylic acids is 1. The molecule has 3 N–H and O–H groups in total. The zero-order valence-electron chi connectivity index (χ0n) is 17.9. The van der Waals surface area contributed by atoms with E-state index >= 15 is 0 Å². The number of carboxylic acids is 1. The molecule has 0 saturated heterocycles. The number of rotatable bonds is 10. The number of sulfonamides is 1. The molecule has 0 radical (unpaired) electrons. The van der Waals surface area contributed by atoms with Gasteiger partial charge in [0.15, 0.2) is 0 Å². The van der Waals surface area contributed by atoms with E-state index in [9.17, 15) is 23.1 Å². The Hall–Kier alpha value is -2.91. The third-order valence-corrected chi connectivity index (χ3v) is 6.99. The lowest BCUT2D eigenvalue weighted by molar-refractivity contribution is -0.139. The maximum Gasteiger partial charge on any atom is 0.321 e. The SMILES string of the molecule is O=C(NCCCC(NS(=O)(=O)c1ccc(-c2ccc(Cl)cc2)cc1)C(=O)O)c1ccc(Cl)cc1. The van der Waals surface area contributed by atoms with Gasteiger partial charge < -0.3 is 10.4 Å². The molecular weight excluding hydrogens is 499 g/mol. The van der Waals surface area contributed by atoms with Gasteiger partial charge in [-0.2, -0.15) is 4.72 Å². The molecule has 10 heteroatoms. The molecule has 0 saturated carbocycles. The molecule has 1 unspecified atom stereocenters. The van der Waals surface area contributed by atoms with E-state index in [0.29, 0.717) is 15.6 Å². The van der Waals surface area contributed by atoms with Gasteiger partial charge in [-0.15, -0.1) is 0 Å². The largest absolute Gasteiger partial charge is 0.480 e. The van der Waals surface area contributed by atoms with Crippen LogP contribution >= 0.6 is 23.2 Å². The Morgan fingerprint density at radius 2 is 1.32 bits per heavy atom. The minimum atomic E-state index is -4.06. The Morgan fingerprint density at radius 3 is 1.85 bits per heavy atom. The summed E-state index contributed by atoms with van der Waals surface area (Å²) in [6.07, 6.45) is 0.257. The van der Waals surface area contributed by atoms with Crippen LogP contribution in [0.15, 0.2) is 77.7 Å². The van der Waals surface area contributed by atoms with E-state index in [1.165, 1.54) is 12.1 Å². The van der Waals surface area contributed by atoms with Crippen LogP contribution < -0.4 is 10.0 Å². The molecule has 1 amide bonds. The maximum absolute atomic E-state index is 12.7. The summed E-state index contributed by atoms with van der Waals surface area (Å²) < 4.78 is 27.7. The lowest BCUT2D eigenvalue weighted by Gasteiger charge is -2.15. The van der Waals surface area contributed by atoms with Gasteiger partial charge in [0.05, 0.1) is 4.90 Å². The fourth-order valence-corrected chi connectivity index (χ4v) is 4.64. The van der Waals surface area contributed by atoms with E-state index in [0.717, 1.165) is 11.1 Å². The third kappa shape index (κ3) is 7.04. The summed E-state index contributed by atoms with van der Waals surface area (Å²) in [6, 6.07) is 18.2. The molecule has 0 bridgehead atoms. The van der Waals surface area contributed by atoms with E-state index in [1.54, 1.807) is 48.5 Å². The van der Waals surface area contributed by atoms with Crippen molar-refractivity contribution < 1.29 is 23.1 Å². The fraction of sp³-hybridized carbons (Fsp3) is 0.167. The van der Waals surface area contributed by atoms with Gasteiger partial charge in [-0.05, 0) is 72.5 Å². The number of carboxylic acid groups (broad SMARTS) is 1. The van der Waals surface area contributed by atoms with Crippen molar-refractivity contribution in [3.05, 3.63) is 88.4 Å². The van der Waals surface area contributed by atoms with Gasteiger partial charge in [-0.25, -0.2) is 8.42 Å². The van der Waals surface area contributed by atoms with E-state index in [-0.39, 0.29) is 30.2 Å². The fourth-order valence-electron chi connectivity index (χ4n) is 3.17. The van der Waals surface area contributed by atoms with Crippen LogP contribution in [0.1, 0.15) is 23.2 Å². The second kappa shape index (κ2) is 11.5. The van der Waals surface area contributed by atoms with Crippen LogP contribution in [0.5, 0.6) is 0 Å². The van der Waals surface area contributed by atoms with Gasteiger partial charge in [0.2, 0.25) is 10.0 Å². The standard InChI is InChI=1S/C24H22Cl2N2O5S/c25-19-9-3-16(4-10-19)17-7-13-21(14-8-17)34(32,33)28-22(24(30)31)2-1-15-27-23(29)18-5-11-20(26)12-6-18/h3-14,22,28H,1-2,15H2,(H,27,29)(H,30,31). The number of carbonyl (C=O) groups excluding carboxylic acids is 1. The second-order valence-corrected chi connectivity index (χ2v) is 10.0. The summed E-state index contributed by atoms with van der Waals surface area (Å²) in [5, 5.41) is 13.2. The van der Waals surface area contributed by atoms with Gasteiger partial charge in [-0.1, -0.05) is 47.5 Å². The molecule has 34 heavy (non-hydrogen) atoms. The third-order valence-electron chi connectivity index (χ3n) is 5.00. The number of hydrogen-bond acceptors (Lipinski definition) is 4. The minimum Gasteiger partial charge on any atom is -0.480 e. The van der Waals surface area contributed by atoms with Crippen molar-refractivity contribution in [3.8, 4) is 11.1 Å². The van der Waals surface area contributed by atoms with Crippen molar-refractivity contribution in [3.63, 3.8) is 0 Å². The number of nitrogens with one attached hydrogen (secondary N) is 2. The molecule has 3 aromatic carbocycles. The van der Waals surface area contributed by atoms with Crippen LogP contribution in [0.4, 0.5) is 0 Å². The zero-order chi connectivity index (χ0) is 24.7. The molecule has 0 aromatic heterocycles. The maximum atomic E-state index is 12.7. The summed E-state index contributed by atoms with van der Waals surface area (Å²) in [5.41, 5.74) is 2.08. The Balaban J connectivity index is 1.57. The molecule has 178 valence electrons. The van der Waals surface area contributed by atoms with Crippen LogP contribution in [0.2, 0.25) is 10.0 Å². The lowest BCUT2D eigenvalue weighted by Crippen LogP contribution is -2.41. The van der Waals surface area contributed by atoms with Crippen molar-refractivity contribution in [1.29, 1.82) is 0 Å². The molecule has 1 atom stereocenters. The van der Waals surface area contributed by atoms with E-state index < -0.39 is 22.0 Å². The predicted molar refractivity (Wildman–Crippen MR) is 132 cm³/mol. The topological polar surface area (TPSA) is 113 Å². The number of hydrogen-bond donors (Lipinski definition) is 3. The average Bonchev–Trinajstić information content (AvgIpc) is 2.81. The highest BCUT2D eigenvalue weighted by molar-refractivity contribution is 7.89. The van der Waals surface area contributed by atoms with Gasteiger partial charge in [-0.3, -0.25) is 9.59 Å². The van der Waals surface area contributed by atoms with Crippen molar-refractivity contribution in [2.24, 2.45) is 0 Å². The Bertz CT molecular complexity index is 1250. The van der Waals surface area contributed by atoms with E-state index in [1.807, 2.05) is 12.1 Å². The number of carbonyl (C=O) groups is 2. The molecule has 0 heterocycles. The van der Waals surface area contributed by atoms with E-state index in [4.69, 9.17) is 23.2 Å². The molecule has 0 aliphatic carbocycles. The Morgan fingerprint density at radius 1 is 0.824 bits per heavy atom. The first-order valence-corrected chi connectivity index (χ1v) is 12.5. The van der Waals surface area contributed by atoms with Crippen molar-refractivity contribution in [2.75, 3.05) is 6.54 Å². The number of amides is 1. The Labute approximate surface area is 207 Å². The molecule has 7 nitrogen and oxygen atoms in total. The molecule has 0 fully saturated rings. The monoisotopic (exact) mass is 520 g/mol. The van der Waals surface area contributed by atoms with Crippen LogP contribution in [-0.4, -0.2) is 38.0 Å². The molecule has 3 rings (SSSR count). The molecule has 0 aliphatic rings. The lowest BCUT2D eigenvalue weighted by atomic mass is 10.1. The minimum absolute atomic E-state index is 0.00167.